The Morgan fingerprint density at radius 1 is 1.45 bits per heavy atom. The Bertz CT molecular complexity index is 552. The topological polar surface area (TPSA) is 87.6 Å². The van der Waals surface area contributed by atoms with E-state index in [-0.39, 0.29) is 10.3 Å². The molecule has 0 aliphatic carbocycles. The van der Waals surface area contributed by atoms with Crippen molar-refractivity contribution < 1.29 is 18.3 Å². The maximum Gasteiger partial charge on any atom is 0.356 e. The molecule has 1 heterocycles. The van der Waals surface area contributed by atoms with Gasteiger partial charge in [0.2, 0.25) is 0 Å². The summed E-state index contributed by atoms with van der Waals surface area (Å²) in [4.78, 5) is 14.7. The molecule has 1 rings (SSSR count). The van der Waals surface area contributed by atoms with E-state index in [1.54, 1.807) is 13.8 Å². The van der Waals surface area contributed by atoms with Gasteiger partial charge in [-0.1, -0.05) is 19.8 Å². The summed E-state index contributed by atoms with van der Waals surface area (Å²) < 4.78 is 26.3. The number of carboxylic acid groups (broad SMARTS) is 1. The number of hydrogen-bond acceptors (Lipinski definition) is 5. The van der Waals surface area contributed by atoms with E-state index < -0.39 is 21.7 Å². The van der Waals surface area contributed by atoms with Crippen molar-refractivity contribution in [2.45, 2.75) is 50.3 Å². The molecule has 0 saturated heterocycles. The van der Waals surface area contributed by atoms with E-state index >= 15 is 0 Å². The summed E-state index contributed by atoms with van der Waals surface area (Å²) >= 11 is 0.848. The average molecular weight is 320 g/mol. The Kier molecular flexibility index (Phi) is 6.09. The minimum absolute atomic E-state index is 0.185. The number of carboxylic acids is 1. The minimum Gasteiger partial charge on any atom is -0.476 e. The van der Waals surface area contributed by atoms with Gasteiger partial charge in [0, 0.05) is 12.6 Å². The molecule has 8 heteroatoms. The molecule has 1 N–H and O–H groups in total. The third-order valence-corrected chi connectivity index (χ3v) is 6.26. The first-order valence-electron chi connectivity index (χ1n) is 6.51. The fourth-order valence-corrected chi connectivity index (χ4v) is 4.77. The van der Waals surface area contributed by atoms with Crippen molar-refractivity contribution in [2.75, 3.05) is 6.54 Å². The zero-order valence-electron chi connectivity index (χ0n) is 11.9. The fourth-order valence-electron chi connectivity index (χ4n) is 1.84. The van der Waals surface area contributed by atoms with Gasteiger partial charge in [-0.3, -0.25) is 0 Å². The molecule has 1 aromatic rings. The highest BCUT2D eigenvalue weighted by Crippen LogP contribution is 2.26. The van der Waals surface area contributed by atoms with Crippen LogP contribution in [0.15, 0.2) is 9.72 Å². The Labute approximate surface area is 123 Å². The number of aromatic carboxylic acids is 1. The normalized spacial score (nSPS) is 12.2. The molecule has 0 aliphatic heterocycles. The molecule has 1 aromatic heterocycles. The van der Waals surface area contributed by atoms with Gasteiger partial charge >= 0.3 is 5.97 Å². The fraction of sp³-hybridized carbons (Fsp3) is 0.667. The SMILES string of the molecule is CCCCCN(C(C)C)S(=O)(=O)c1scnc1C(=O)O. The van der Waals surface area contributed by atoms with E-state index in [0.29, 0.717) is 6.54 Å². The molecule has 20 heavy (non-hydrogen) atoms. The first kappa shape index (κ1) is 17.1. The molecule has 6 nitrogen and oxygen atoms in total. The zero-order chi connectivity index (χ0) is 15.3. The van der Waals surface area contributed by atoms with Crippen LogP contribution in [-0.2, 0) is 10.0 Å². The minimum atomic E-state index is -3.80. The van der Waals surface area contributed by atoms with E-state index in [4.69, 9.17) is 5.11 Å². The molecule has 0 atom stereocenters. The molecule has 0 bridgehead atoms. The zero-order valence-corrected chi connectivity index (χ0v) is 13.5. The van der Waals surface area contributed by atoms with Crippen molar-refractivity contribution in [2.24, 2.45) is 0 Å². The van der Waals surface area contributed by atoms with Crippen LogP contribution >= 0.6 is 11.3 Å². The third kappa shape index (κ3) is 3.77. The third-order valence-electron chi connectivity index (χ3n) is 2.84. The quantitative estimate of drug-likeness (QED) is 0.743. The van der Waals surface area contributed by atoms with Crippen LogP contribution in [-0.4, -0.2) is 41.4 Å². The summed E-state index contributed by atoms with van der Waals surface area (Å²) in [5.74, 6) is -1.32. The molecule has 0 aliphatic rings. The Hall–Kier alpha value is -0.990. The van der Waals surface area contributed by atoms with Gasteiger partial charge in [-0.2, -0.15) is 4.31 Å². The molecule has 0 radical (unpaired) electrons. The lowest BCUT2D eigenvalue weighted by Gasteiger charge is -2.25. The molecule has 0 spiro atoms. The maximum atomic E-state index is 12.6. The average Bonchev–Trinajstić information content (AvgIpc) is 2.83. The van der Waals surface area contributed by atoms with E-state index in [1.165, 1.54) is 9.82 Å². The van der Waals surface area contributed by atoms with Gasteiger partial charge in [0.15, 0.2) is 9.90 Å². The molecular weight excluding hydrogens is 300 g/mol. The summed E-state index contributed by atoms with van der Waals surface area (Å²) in [7, 11) is -3.80. The lowest BCUT2D eigenvalue weighted by atomic mass is 10.2. The van der Waals surface area contributed by atoms with Crippen molar-refractivity contribution in [3.05, 3.63) is 11.2 Å². The summed E-state index contributed by atoms with van der Waals surface area (Å²) in [5.41, 5.74) is 0.858. The van der Waals surface area contributed by atoms with Crippen LogP contribution in [0.5, 0.6) is 0 Å². The number of carbonyl (C=O) groups is 1. The largest absolute Gasteiger partial charge is 0.476 e. The van der Waals surface area contributed by atoms with Crippen LogP contribution in [0.1, 0.15) is 50.5 Å². The molecule has 0 aromatic carbocycles. The summed E-state index contributed by atoms with van der Waals surface area (Å²) in [6.45, 7) is 6.00. The van der Waals surface area contributed by atoms with Crippen LogP contribution in [0.4, 0.5) is 0 Å². The van der Waals surface area contributed by atoms with Crippen LogP contribution < -0.4 is 0 Å². The van der Waals surface area contributed by atoms with Crippen LogP contribution in [0, 0.1) is 0 Å². The van der Waals surface area contributed by atoms with Gasteiger partial charge in [0.25, 0.3) is 10.0 Å². The molecular formula is C12H20N2O4S2. The standard InChI is InChI=1S/C12H20N2O4S2/c1-4-5-6-7-14(9(2)3)20(17,18)12-10(11(15)16)13-8-19-12/h8-9H,4-7H2,1-3H3,(H,15,16). The first-order valence-corrected chi connectivity index (χ1v) is 8.83. The summed E-state index contributed by atoms with van der Waals surface area (Å²) in [5, 5.41) is 9.01. The molecule has 0 unspecified atom stereocenters. The van der Waals surface area contributed by atoms with Crippen molar-refractivity contribution in [1.29, 1.82) is 0 Å². The van der Waals surface area contributed by atoms with Gasteiger partial charge in [0.05, 0.1) is 5.51 Å². The smallest absolute Gasteiger partial charge is 0.356 e. The molecule has 114 valence electrons. The lowest BCUT2D eigenvalue weighted by Crippen LogP contribution is -2.38. The number of nitrogens with zero attached hydrogens (tertiary/aromatic N) is 2. The molecule has 0 fully saturated rings. The number of unbranched alkanes of at least 4 members (excludes halogenated alkanes) is 2. The number of hydrogen-bond donors (Lipinski definition) is 1. The Morgan fingerprint density at radius 2 is 2.10 bits per heavy atom. The second kappa shape index (κ2) is 7.14. The number of sulfonamides is 1. The summed E-state index contributed by atoms with van der Waals surface area (Å²) in [6, 6.07) is -0.222. The van der Waals surface area contributed by atoms with E-state index in [2.05, 4.69) is 4.98 Å². The number of aromatic nitrogens is 1. The molecule has 0 saturated carbocycles. The van der Waals surface area contributed by atoms with Gasteiger partial charge < -0.3 is 5.11 Å². The van der Waals surface area contributed by atoms with Gasteiger partial charge in [-0.05, 0) is 20.3 Å². The van der Waals surface area contributed by atoms with Gasteiger partial charge in [-0.25, -0.2) is 18.2 Å². The van der Waals surface area contributed by atoms with E-state index in [9.17, 15) is 13.2 Å². The van der Waals surface area contributed by atoms with E-state index in [1.807, 2.05) is 6.92 Å². The monoisotopic (exact) mass is 320 g/mol. The number of rotatable bonds is 8. The maximum absolute atomic E-state index is 12.6. The number of thiazole rings is 1. The highest BCUT2D eigenvalue weighted by atomic mass is 32.2. The van der Waals surface area contributed by atoms with Crippen molar-refractivity contribution >= 4 is 27.3 Å². The predicted octanol–water partition coefficient (Wildman–Crippen LogP) is 2.43. The second-order valence-corrected chi connectivity index (χ2v) is 7.65. The summed E-state index contributed by atoms with van der Waals surface area (Å²) in [6.07, 6.45) is 2.69. The van der Waals surface area contributed by atoms with Crippen molar-refractivity contribution in [3.8, 4) is 0 Å². The van der Waals surface area contributed by atoms with E-state index in [0.717, 1.165) is 30.6 Å². The van der Waals surface area contributed by atoms with Crippen molar-refractivity contribution in [3.63, 3.8) is 0 Å². The van der Waals surface area contributed by atoms with Crippen LogP contribution in [0.3, 0.4) is 0 Å². The Morgan fingerprint density at radius 3 is 2.60 bits per heavy atom. The first-order chi connectivity index (χ1) is 9.32. The predicted molar refractivity (Wildman–Crippen MR) is 77.6 cm³/mol. The Balaban J connectivity index is 3.10. The highest BCUT2D eigenvalue weighted by Gasteiger charge is 2.32. The van der Waals surface area contributed by atoms with Gasteiger partial charge in [0.1, 0.15) is 0 Å². The molecule has 0 amide bonds. The second-order valence-electron chi connectivity index (χ2n) is 4.71. The lowest BCUT2D eigenvalue weighted by molar-refractivity contribution is 0.0687. The highest BCUT2D eigenvalue weighted by molar-refractivity contribution is 7.91. The van der Waals surface area contributed by atoms with Crippen LogP contribution in [0.25, 0.3) is 0 Å². The van der Waals surface area contributed by atoms with Crippen LogP contribution in [0.2, 0.25) is 0 Å². The van der Waals surface area contributed by atoms with Crippen molar-refractivity contribution in [1.82, 2.24) is 9.29 Å². The van der Waals surface area contributed by atoms with Gasteiger partial charge in [-0.15, -0.1) is 11.3 Å².